The molecular formula is C18H24O. The zero-order chi connectivity index (χ0) is 14.1. The van der Waals surface area contributed by atoms with Gasteiger partial charge in [-0.25, -0.2) is 0 Å². The Hall–Kier alpha value is -1.55. The van der Waals surface area contributed by atoms with Gasteiger partial charge >= 0.3 is 0 Å². The number of hydrogen-bond donors (Lipinski definition) is 0. The highest BCUT2D eigenvalue weighted by Crippen LogP contribution is 2.24. The largest absolute Gasteiger partial charge is 0.284 e. The van der Waals surface area contributed by atoms with Gasteiger partial charge in [0.1, 0.15) is 0 Å². The van der Waals surface area contributed by atoms with Gasteiger partial charge in [0.25, 0.3) is 0 Å². The summed E-state index contributed by atoms with van der Waals surface area (Å²) in [5.41, 5.74) is 0.577. The highest BCUT2D eigenvalue weighted by molar-refractivity contribution is 6.00. The van der Waals surface area contributed by atoms with E-state index in [2.05, 4.69) is 18.8 Å². The van der Waals surface area contributed by atoms with Crippen molar-refractivity contribution >= 4 is 5.78 Å². The first-order valence-corrected chi connectivity index (χ1v) is 7.18. The maximum absolute atomic E-state index is 12.1. The average molecular weight is 256 g/mol. The van der Waals surface area contributed by atoms with Crippen LogP contribution in [0.5, 0.6) is 0 Å². The molecule has 0 saturated heterocycles. The predicted molar refractivity (Wildman–Crippen MR) is 80.9 cm³/mol. The van der Waals surface area contributed by atoms with Crippen LogP contribution >= 0.6 is 0 Å². The Balaban J connectivity index is 2.54. The summed E-state index contributed by atoms with van der Waals surface area (Å²) in [7, 11) is 0. The summed E-state index contributed by atoms with van der Waals surface area (Å²) in [5, 5.41) is 0. The van der Waals surface area contributed by atoms with Crippen LogP contribution in [0.2, 0.25) is 0 Å². The fourth-order valence-corrected chi connectivity index (χ4v) is 1.93. The minimum Gasteiger partial charge on any atom is -0.284 e. The Morgan fingerprint density at radius 2 is 1.79 bits per heavy atom. The molecule has 102 valence electrons. The lowest BCUT2D eigenvalue weighted by molar-refractivity contribution is -0.121. The quantitative estimate of drug-likeness (QED) is 0.537. The molecule has 0 heterocycles. The van der Waals surface area contributed by atoms with E-state index >= 15 is 0 Å². The van der Waals surface area contributed by atoms with Crippen molar-refractivity contribution in [3.05, 3.63) is 35.9 Å². The second-order valence-corrected chi connectivity index (χ2v) is 5.64. The fourth-order valence-electron chi connectivity index (χ4n) is 1.93. The third-order valence-corrected chi connectivity index (χ3v) is 3.36. The van der Waals surface area contributed by atoms with E-state index in [1.807, 2.05) is 44.2 Å². The average Bonchev–Trinajstić information content (AvgIpc) is 2.42. The highest BCUT2D eigenvalue weighted by Gasteiger charge is 2.25. The van der Waals surface area contributed by atoms with Crippen molar-refractivity contribution in [2.45, 2.75) is 52.9 Å². The molecule has 0 amide bonds. The molecular weight excluding hydrogens is 232 g/mol. The van der Waals surface area contributed by atoms with Crippen LogP contribution in [-0.4, -0.2) is 5.78 Å². The predicted octanol–water partition coefficient (Wildman–Crippen LogP) is 4.60. The van der Waals surface area contributed by atoms with E-state index in [1.165, 1.54) is 19.3 Å². The minimum atomic E-state index is -0.324. The summed E-state index contributed by atoms with van der Waals surface area (Å²) < 4.78 is 0. The Morgan fingerprint density at radius 3 is 2.42 bits per heavy atom. The number of hydrogen-bond acceptors (Lipinski definition) is 1. The Kier molecular flexibility index (Phi) is 6.36. The molecule has 0 aromatic heterocycles. The van der Waals surface area contributed by atoms with E-state index < -0.39 is 0 Å². The van der Waals surface area contributed by atoms with E-state index in [4.69, 9.17) is 0 Å². The molecule has 0 aliphatic heterocycles. The Bertz CT molecular complexity index is 446. The second-order valence-electron chi connectivity index (χ2n) is 5.64. The molecule has 19 heavy (non-hydrogen) atoms. The van der Waals surface area contributed by atoms with Gasteiger partial charge in [-0.15, -0.1) is 0 Å². The maximum Gasteiger partial charge on any atom is 0.211 e. The van der Waals surface area contributed by atoms with Crippen LogP contribution < -0.4 is 0 Å². The number of Topliss-reactive ketones (excluding diaryl/α,β-unsaturated/α-hetero) is 1. The van der Waals surface area contributed by atoms with Gasteiger partial charge < -0.3 is 0 Å². The van der Waals surface area contributed by atoms with Gasteiger partial charge in [0.2, 0.25) is 5.78 Å². The van der Waals surface area contributed by atoms with Crippen LogP contribution in [0.3, 0.4) is 0 Å². The van der Waals surface area contributed by atoms with Crippen LogP contribution in [0.25, 0.3) is 0 Å². The number of rotatable bonds is 6. The Morgan fingerprint density at radius 1 is 1.11 bits per heavy atom. The highest BCUT2D eigenvalue weighted by atomic mass is 16.1. The third-order valence-electron chi connectivity index (χ3n) is 3.36. The normalized spacial score (nSPS) is 10.7. The molecule has 0 aliphatic carbocycles. The molecule has 0 saturated carbocycles. The molecule has 0 N–H and O–H groups in total. The van der Waals surface area contributed by atoms with Gasteiger partial charge in [0, 0.05) is 11.0 Å². The monoisotopic (exact) mass is 256 g/mol. The van der Waals surface area contributed by atoms with Crippen molar-refractivity contribution in [1.29, 1.82) is 0 Å². The first-order valence-electron chi connectivity index (χ1n) is 7.18. The molecule has 0 fully saturated rings. The summed E-state index contributed by atoms with van der Waals surface area (Å²) in [6.45, 7) is 6.20. The summed E-state index contributed by atoms with van der Waals surface area (Å²) >= 11 is 0. The van der Waals surface area contributed by atoms with Crippen molar-refractivity contribution in [2.24, 2.45) is 5.41 Å². The van der Waals surface area contributed by atoms with Crippen LogP contribution in [0, 0.1) is 17.3 Å². The topological polar surface area (TPSA) is 17.1 Å². The van der Waals surface area contributed by atoms with Crippen LogP contribution in [-0.2, 0) is 4.79 Å². The van der Waals surface area contributed by atoms with Crippen molar-refractivity contribution < 1.29 is 4.79 Å². The molecule has 1 aromatic rings. The zero-order valence-electron chi connectivity index (χ0n) is 12.3. The number of carbonyl (C=O) groups excluding carboxylic acids is 1. The summed E-state index contributed by atoms with van der Waals surface area (Å²) in [6.07, 6.45) is 5.72. The molecule has 1 aromatic carbocycles. The van der Waals surface area contributed by atoms with E-state index in [0.717, 1.165) is 18.4 Å². The van der Waals surface area contributed by atoms with Crippen LogP contribution in [0.1, 0.15) is 58.4 Å². The van der Waals surface area contributed by atoms with Gasteiger partial charge in [0.05, 0.1) is 0 Å². The van der Waals surface area contributed by atoms with Crippen molar-refractivity contribution in [3.8, 4) is 11.8 Å². The molecule has 1 nitrogen and oxygen atoms in total. The van der Waals surface area contributed by atoms with Crippen molar-refractivity contribution in [1.82, 2.24) is 0 Å². The minimum absolute atomic E-state index is 0.0489. The van der Waals surface area contributed by atoms with Gasteiger partial charge in [-0.05, 0) is 24.5 Å². The van der Waals surface area contributed by atoms with Gasteiger partial charge in [-0.2, -0.15) is 0 Å². The number of benzene rings is 1. The fraction of sp³-hybridized carbons (Fsp3) is 0.500. The number of ketones is 1. The smallest absolute Gasteiger partial charge is 0.211 e. The van der Waals surface area contributed by atoms with Crippen LogP contribution in [0.4, 0.5) is 0 Å². The Labute approximate surface area is 117 Å². The standard InChI is InChI=1S/C18H24O/c1-4-5-6-10-15-18(2,3)17(19)14-13-16-11-8-7-9-12-16/h7-9,11-12H,4-6,10,15H2,1-3H3. The zero-order valence-corrected chi connectivity index (χ0v) is 12.3. The molecule has 1 rings (SSSR count). The van der Waals surface area contributed by atoms with Gasteiger partial charge in [-0.1, -0.05) is 70.6 Å². The lowest BCUT2D eigenvalue weighted by Crippen LogP contribution is -2.22. The molecule has 0 atom stereocenters. The molecule has 0 unspecified atom stereocenters. The van der Waals surface area contributed by atoms with Crippen molar-refractivity contribution in [3.63, 3.8) is 0 Å². The van der Waals surface area contributed by atoms with E-state index in [9.17, 15) is 4.79 Å². The second kappa shape index (κ2) is 7.79. The van der Waals surface area contributed by atoms with Crippen molar-refractivity contribution in [2.75, 3.05) is 0 Å². The molecule has 1 heteroatoms. The molecule has 0 spiro atoms. The summed E-state index contributed by atoms with van der Waals surface area (Å²) in [4.78, 5) is 12.1. The third kappa shape index (κ3) is 5.75. The number of unbranched alkanes of at least 4 members (excludes halogenated alkanes) is 3. The summed E-state index contributed by atoms with van der Waals surface area (Å²) in [5.74, 6) is 5.79. The van der Waals surface area contributed by atoms with Gasteiger partial charge in [0.15, 0.2) is 0 Å². The van der Waals surface area contributed by atoms with Gasteiger partial charge in [-0.3, -0.25) is 4.79 Å². The molecule has 0 aliphatic rings. The lowest BCUT2D eigenvalue weighted by Gasteiger charge is -2.19. The molecule has 0 bridgehead atoms. The first kappa shape index (κ1) is 15.5. The van der Waals surface area contributed by atoms with E-state index in [0.29, 0.717) is 0 Å². The van der Waals surface area contributed by atoms with Crippen LogP contribution in [0.15, 0.2) is 30.3 Å². The number of carbonyl (C=O) groups is 1. The summed E-state index contributed by atoms with van der Waals surface area (Å²) in [6, 6.07) is 9.67. The maximum atomic E-state index is 12.1. The molecule has 0 radical (unpaired) electrons. The first-order chi connectivity index (χ1) is 9.06. The van der Waals surface area contributed by atoms with E-state index in [-0.39, 0.29) is 11.2 Å². The SMILES string of the molecule is CCCCCCC(C)(C)C(=O)C#Cc1ccccc1. The van der Waals surface area contributed by atoms with E-state index in [1.54, 1.807) is 0 Å². The lowest BCUT2D eigenvalue weighted by atomic mass is 9.82.